The summed E-state index contributed by atoms with van der Waals surface area (Å²) in [5.41, 5.74) is 12.1. The molecule has 5 aliphatic carbocycles. The summed E-state index contributed by atoms with van der Waals surface area (Å²) in [5, 5.41) is 0. The van der Waals surface area contributed by atoms with E-state index >= 15 is 0 Å². The van der Waals surface area contributed by atoms with E-state index in [2.05, 4.69) is 129 Å². The van der Waals surface area contributed by atoms with E-state index in [1.54, 1.807) is 0 Å². The van der Waals surface area contributed by atoms with Crippen molar-refractivity contribution in [3.8, 4) is 0 Å². The Morgan fingerprint density at radius 1 is 0.978 bits per heavy atom. The number of hydrogen-bond acceptors (Lipinski definition) is 4. The Hall–Kier alpha value is -4.70. The van der Waals surface area contributed by atoms with Gasteiger partial charge in [0.1, 0.15) is 17.6 Å². The fourth-order valence-corrected chi connectivity index (χ4v) is 8.63. The van der Waals surface area contributed by atoms with Crippen LogP contribution in [0.1, 0.15) is 104 Å². The molecule has 4 unspecified atom stereocenters. The molecular weight excluding hydrogens is 550 g/mol. The predicted molar refractivity (Wildman–Crippen MR) is 184 cm³/mol. The van der Waals surface area contributed by atoms with Crippen LogP contribution in [0.5, 0.6) is 0 Å². The lowest BCUT2D eigenvalue weighted by molar-refractivity contribution is 0.443. The highest BCUT2D eigenvalue weighted by atomic mass is 16.3. The fraction of sp³-hybridized carbons (Fsp3) is 0.268. The fourth-order valence-electron chi connectivity index (χ4n) is 8.63. The highest BCUT2D eigenvalue weighted by molar-refractivity contribution is 5.89. The Morgan fingerprint density at radius 2 is 1.82 bits per heavy atom. The average Bonchev–Trinajstić information content (AvgIpc) is 3.70. The Balaban J connectivity index is 1.27. The Bertz CT molecular complexity index is 2040. The van der Waals surface area contributed by atoms with Gasteiger partial charge in [0.05, 0.1) is 11.4 Å². The molecule has 0 bridgehead atoms. The topological polar surface area (TPSA) is 42.2 Å². The quantitative estimate of drug-likeness (QED) is 0.286. The lowest BCUT2D eigenvalue weighted by Gasteiger charge is -2.33. The summed E-state index contributed by atoms with van der Waals surface area (Å²) in [7, 11) is 0. The van der Waals surface area contributed by atoms with E-state index in [1.807, 2.05) is 6.92 Å². The van der Waals surface area contributed by atoms with Crippen LogP contribution in [0.3, 0.4) is 0 Å². The third-order valence-electron chi connectivity index (χ3n) is 10.8. The van der Waals surface area contributed by atoms with Gasteiger partial charge in [-0.3, -0.25) is 4.90 Å². The molecule has 0 N–H and O–H groups in total. The molecule has 3 heterocycles. The van der Waals surface area contributed by atoms with Gasteiger partial charge in [0.25, 0.3) is 0 Å². The van der Waals surface area contributed by atoms with Gasteiger partial charge in [-0.15, -0.1) is 0 Å². The van der Waals surface area contributed by atoms with E-state index in [4.69, 9.17) is 14.4 Å². The molecule has 0 spiro atoms. The number of fused-ring (bicyclic) bond motifs is 11. The molecule has 6 aliphatic rings. The predicted octanol–water partition coefficient (Wildman–Crippen LogP) is 10.3. The van der Waals surface area contributed by atoms with Crippen LogP contribution in [0.2, 0.25) is 0 Å². The second-order valence-electron chi connectivity index (χ2n) is 13.6. The molecule has 2 aromatic heterocycles. The first-order valence-electron chi connectivity index (χ1n) is 16.4. The van der Waals surface area contributed by atoms with Crippen molar-refractivity contribution in [2.75, 3.05) is 4.90 Å². The van der Waals surface area contributed by atoms with Crippen molar-refractivity contribution in [3.05, 3.63) is 142 Å². The van der Waals surface area contributed by atoms with Crippen LogP contribution < -0.4 is 4.90 Å². The number of hydrogen-bond donors (Lipinski definition) is 0. The maximum atomic E-state index is 7.07. The standard InChI is InChI=1S/C41H37N3O/c1-5-6-13-24(2)35-31-21-20-25-14-7-8-15-26(25)36(31)43-40(42-35)44-33-19-12-10-16-27(33)28-22-23-30-34-38(45-39(30)37(28)44)29-17-9-11-18-32(29)41(34,3)4/h5-10,12-17,19-23,25-26,28,37H,11,18H2,1-4H3/b6-5-,24-13+. The van der Waals surface area contributed by atoms with E-state index in [-0.39, 0.29) is 23.3 Å². The van der Waals surface area contributed by atoms with Gasteiger partial charge >= 0.3 is 0 Å². The van der Waals surface area contributed by atoms with Gasteiger partial charge in [-0.2, -0.15) is 0 Å². The van der Waals surface area contributed by atoms with Crippen LogP contribution >= 0.6 is 0 Å². The third kappa shape index (κ3) is 3.66. The zero-order chi connectivity index (χ0) is 30.4. The van der Waals surface area contributed by atoms with Crippen LogP contribution in [-0.2, 0) is 5.41 Å². The third-order valence-corrected chi connectivity index (χ3v) is 10.8. The molecule has 45 heavy (non-hydrogen) atoms. The van der Waals surface area contributed by atoms with E-state index in [0.717, 1.165) is 58.5 Å². The minimum absolute atomic E-state index is 0.0631. The highest BCUT2D eigenvalue weighted by Gasteiger charge is 2.50. The minimum Gasteiger partial charge on any atom is -0.458 e. The van der Waals surface area contributed by atoms with Crippen LogP contribution in [0, 0.1) is 5.92 Å². The normalized spacial score (nSPS) is 26.1. The summed E-state index contributed by atoms with van der Waals surface area (Å²) in [4.78, 5) is 13.3. The zero-order valence-corrected chi connectivity index (χ0v) is 26.3. The van der Waals surface area contributed by atoms with Crippen LogP contribution in [0.15, 0.2) is 101 Å². The first kappa shape index (κ1) is 26.7. The van der Waals surface area contributed by atoms with Crippen LogP contribution in [0.25, 0.3) is 23.3 Å². The molecule has 0 saturated heterocycles. The van der Waals surface area contributed by atoms with Gasteiger partial charge in [0, 0.05) is 51.1 Å². The average molecular weight is 588 g/mol. The molecule has 222 valence electrons. The second kappa shape index (κ2) is 9.65. The van der Waals surface area contributed by atoms with Crippen molar-refractivity contribution < 1.29 is 4.42 Å². The molecule has 9 rings (SSSR count). The number of allylic oxidation sites excluding steroid dienone is 13. The second-order valence-corrected chi connectivity index (χ2v) is 13.6. The summed E-state index contributed by atoms with van der Waals surface area (Å²) in [6.45, 7) is 8.96. The van der Waals surface area contributed by atoms with E-state index < -0.39 is 0 Å². The summed E-state index contributed by atoms with van der Waals surface area (Å²) in [6, 6.07) is 8.70. The number of anilines is 2. The smallest absolute Gasteiger partial charge is 0.231 e. The molecule has 0 amide bonds. The van der Waals surface area contributed by atoms with Gasteiger partial charge < -0.3 is 4.42 Å². The lowest BCUT2D eigenvalue weighted by atomic mass is 9.75. The molecular formula is C41H37N3O. The maximum absolute atomic E-state index is 7.07. The van der Waals surface area contributed by atoms with Crippen molar-refractivity contribution >= 4 is 34.9 Å². The van der Waals surface area contributed by atoms with Gasteiger partial charge in [0.15, 0.2) is 0 Å². The zero-order valence-electron chi connectivity index (χ0n) is 26.3. The van der Waals surface area contributed by atoms with Gasteiger partial charge in [0.2, 0.25) is 5.95 Å². The van der Waals surface area contributed by atoms with Crippen LogP contribution in [-0.4, -0.2) is 9.97 Å². The van der Waals surface area contributed by atoms with Gasteiger partial charge in [-0.05, 0) is 49.5 Å². The summed E-state index contributed by atoms with van der Waals surface area (Å²) >= 11 is 0. The van der Waals surface area contributed by atoms with E-state index in [1.165, 1.54) is 27.8 Å². The Labute approximate surface area is 265 Å². The molecule has 1 aromatic carbocycles. The molecule has 0 radical (unpaired) electrons. The number of para-hydroxylation sites is 1. The number of aromatic nitrogens is 2. The maximum Gasteiger partial charge on any atom is 0.231 e. The number of furan rings is 1. The van der Waals surface area contributed by atoms with Crippen LogP contribution in [0.4, 0.5) is 11.6 Å². The summed E-state index contributed by atoms with van der Waals surface area (Å²) in [6.07, 6.45) is 31.2. The van der Waals surface area contributed by atoms with Crippen molar-refractivity contribution in [3.63, 3.8) is 0 Å². The number of nitrogens with zero attached hydrogens (tertiary/aromatic N) is 3. The SMILES string of the molecule is C/C=C\C=C(/C)c1nc(N2c3ccccc3C3C=Cc4c(oc5c4C(C)(C)C4=C5C=CCC4)C32)nc2c1C=CC1C=CC=CC21. The van der Waals surface area contributed by atoms with E-state index in [9.17, 15) is 0 Å². The highest BCUT2D eigenvalue weighted by Crippen LogP contribution is 2.60. The molecule has 4 heteroatoms. The number of rotatable bonds is 3. The largest absolute Gasteiger partial charge is 0.458 e. The molecule has 1 aliphatic heterocycles. The molecule has 3 aromatic rings. The van der Waals surface area contributed by atoms with Gasteiger partial charge in [-0.25, -0.2) is 9.97 Å². The van der Waals surface area contributed by atoms with Gasteiger partial charge in [-0.1, -0.05) is 111 Å². The van der Waals surface area contributed by atoms with Crippen molar-refractivity contribution in [1.29, 1.82) is 0 Å². The molecule has 0 fully saturated rings. The molecule has 0 saturated carbocycles. The summed E-state index contributed by atoms with van der Waals surface area (Å²) in [5.74, 6) is 3.44. The number of benzene rings is 1. The molecule has 4 nitrogen and oxygen atoms in total. The van der Waals surface area contributed by atoms with Crippen molar-refractivity contribution in [2.24, 2.45) is 5.92 Å². The first-order chi connectivity index (χ1) is 22.0. The van der Waals surface area contributed by atoms with Crippen molar-refractivity contribution in [2.45, 2.75) is 63.8 Å². The molecule has 4 atom stereocenters. The lowest BCUT2D eigenvalue weighted by Crippen LogP contribution is -2.28. The summed E-state index contributed by atoms with van der Waals surface area (Å²) < 4.78 is 7.07. The van der Waals surface area contributed by atoms with E-state index in [0.29, 0.717) is 5.92 Å². The first-order valence-corrected chi connectivity index (χ1v) is 16.4. The Morgan fingerprint density at radius 3 is 2.71 bits per heavy atom. The van der Waals surface area contributed by atoms with Crippen molar-refractivity contribution in [1.82, 2.24) is 9.97 Å². The Kier molecular flexibility index (Phi) is 5.72. The minimum atomic E-state index is -0.0668. The monoisotopic (exact) mass is 587 g/mol.